The molecule has 1 aromatic heterocycles. The summed E-state index contributed by atoms with van der Waals surface area (Å²) in [5, 5.41) is 7.54. The van der Waals surface area contributed by atoms with Crippen molar-refractivity contribution >= 4 is 30.7 Å². The number of carbonyl (C=O) groups is 1. The second-order valence-electron chi connectivity index (χ2n) is 6.13. The van der Waals surface area contributed by atoms with Gasteiger partial charge in [-0.15, -0.1) is 24.8 Å². The molecule has 2 aliphatic rings. The Balaban J connectivity index is 0.00000121. The van der Waals surface area contributed by atoms with Gasteiger partial charge in [-0.25, -0.2) is 0 Å². The van der Waals surface area contributed by atoms with Gasteiger partial charge in [-0.1, -0.05) is 0 Å². The Bertz CT molecular complexity index is 429. The lowest BCUT2D eigenvalue weighted by Gasteiger charge is -2.32. The highest BCUT2D eigenvalue weighted by molar-refractivity contribution is 5.85. The average molecular weight is 349 g/mol. The molecule has 2 heterocycles. The fraction of sp³-hybridized carbons (Fsp3) is 0.733. The zero-order valence-corrected chi connectivity index (χ0v) is 14.5. The van der Waals surface area contributed by atoms with Gasteiger partial charge in [0.15, 0.2) is 0 Å². The lowest BCUT2D eigenvalue weighted by molar-refractivity contribution is -0.131. The van der Waals surface area contributed by atoms with Crippen LogP contribution in [0.15, 0.2) is 18.5 Å². The van der Waals surface area contributed by atoms with Crippen molar-refractivity contribution in [2.45, 2.75) is 32.2 Å². The van der Waals surface area contributed by atoms with Gasteiger partial charge in [0.1, 0.15) is 0 Å². The standard InChI is InChI=1S/C15H24N4O.2ClH/c20-15(11-16-10-13-2-3-13)18-8-4-14(5-9-18)12-19-7-1-6-17-19;;/h1,6-7,13-14,16H,2-5,8-12H2;2*1H. The zero-order valence-electron chi connectivity index (χ0n) is 12.8. The van der Waals surface area contributed by atoms with Crippen LogP contribution in [-0.2, 0) is 11.3 Å². The number of rotatable bonds is 6. The average Bonchev–Trinajstić information content (AvgIpc) is 3.15. The number of nitrogens with one attached hydrogen (secondary N) is 1. The first-order valence-corrected chi connectivity index (χ1v) is 7.77. The summed E-state index contributed by atoms with van der Waals surface area (Å²) in [6, 6.07) is 1.96. The first kappa shape index (κ1) is 19.3. The highest BCUT2D eigenvalue weighted by atomic mass is 35.5. The summed E-state index contributed by atoms with van der Waals surface area (Å²) in [6.45, 7) is 4.31. The highest BCUT2D eigenvalue weighted by Crippen LogP contribution is 2.27. The third-order valence-corrected chi connectivity index (χ3v) is 4.38. The minimum Gasteiger partial charge on any atom is -0.342 e. The van der Waals surface area contributed by atoms with E-state index in [0.717, 1.165) is 44.9 Å². The largest absolute Gasteiger partial charge is 0.342 e. The first-order valence-electron chi connectivity index (χ1n) is 7.77. The molecule has 0 atom stereocenters. The van der Waals surface area contributed by atoms with E-state index in [1.54, 1.807) is 0 Å². The molecule has 0 aromatic carbocycles. The Labute approximate surface area is 144 Å². The molecule has 22 heavy (non-hydrogen) atoms. The SMILES string of the molecule is Cl.Cl.O=C(CNCC1CC1)N1CCC(Cn2cccn2)CC1. The predicted molar refractivity (Wildman–Crippen MR) is 91.6 cm³/mol. The maximum Gasteiger partial charge on any atom is 0.236 e. The smallest absolute Gasteiger partial charge is 0.236 e. The van der Waals surface area contributed by atoms with E-state index in [9.17, 15) is 4.79 Å². The van der Waals surface area contributed by atoms with E-state index >= 15 is 0 Å². The molecule has 0 radical (unpaired) electrons. The number of amides is 1. The normalized spacial score (nSPS) is 18.5. The molecule has 1 aromatic rings. The Morgan fingerprint density at radius 1 is 1.14 bits per heavy atom. The Kier molecular flexibility index (Phi) is 8.21. The molecule has 1 N–H and O–H groups in total. The molecular formula is C15H26Cl2N4O. The van der Waals surface area contributed by atoms with Crippen molar-refractivity contribution in [1.82, 2.24) is 20.0 Å². The third kappa shape index (κ3) is 5.78. The van der Waals surface area contributed by atoms with Gasteiger partial charge in [-0.05, 0) is 50.1 Å². The number of likely N-dealkylation sites (tertiary alicyclic amines) is 1. The van der Waals surface area contributed by atoms with E-state index < -0.39 is 0 Å². The van der Waals surface area contributed by atoms with E-state index in [0.29, 0.717) is 12.5 Å². The number of nitrogens with zero attached hydrogens (tertiary/aromatic N) is 3. The van der Waals surface area contributed by atoms with Gasteiger partial charge in [0.25, 0.3) is 0 Å². The number of halogens is 2. The lowest BCUT2D eigenvalue weighted by atomic mass is 9.97. The van der Waals surface area contributed by atoms with E-state index in [1.807, 2.05) is 28.0 Å². The summed E-state index contributed by atoms with van der Waals surface area (Å²) in [4.78, 5) is 14.1. The second kappa shape index (κ2) is 9.38. The molecule has 0 spiro atoms. The van der Waals surface area contributed by atoms with Crippen LogP contribution in [0.3, 0.4) is 0 Å². The summed E-state index contributed by atoms with van der Waals surface area (Å²) < 4.78 is 2.00. The van der Waals surface area contributed by atoms with Crippen LogP contribution in [-0.4, -0.2) is 46.8 Å². The van der Waals surface area contributed by atoms with Gasteiger partial charge in [0, 0.05) is 32.0 Å². The first-order chi connectivity index (χ1) is 9.81. The van der Waals surface area contributed by atoms with Crippen LogP contribution in [0.1, 0.15) is 25.7 Å². The summed E-state index contributed by atoms with van der Waals surface area (Å²) in [6.07, 6.45) is 8.69. The molecule has 0 unspecified atom stereocenters. The Hall–Kier alpha value is -0.780. The quantitative estimate of drug-likeness (QED) is 0.854. The summed E-state index contributed by atoms with van der Waals surface area (Å²) in [7, 11) is 0. The number of hydrogen-bond donors (Lipinski definition) is 1. The molecule has 0 bridgehead atoms. The number of piperidine rings is 1. The van der Waals surface area contributed by atoms with E-state index in [4.69, 9.17) is 0 Å². The van der Waals surface area contributed by atoms with E-state index in [-0.39, 0.29) is 30.7 Å². The maximum absolute atomic E-state index is 12.1. The number of hydrogen-bond acceptors (Lipinski definition) is 3. The van der Waals surface area contributed by atoms with Crippen molar-refractivity contribution in [3.63, 3.8) is 0 Å². The molecule has 126 valence electrons. The van der Waals surface area contributed by atoms with Crippen LogP contribution in [0, 0.1) is 11.8 Å². The van der Waals surface area contributed by atoms with E-state index in [1.165, 1.54) is 12.8 Å². The molecule has 2 fully saturated rings. The van der Waals surface area contributed by atoms with Gasteiger partial charge in [0.2, 0.25) is 5.91 Å². The Morgan fingerprint density at radius 3 is 2.45 bits per heavy atom. The Morgan fingerprint density at radius 2 is 1.86 bits per heavy atom. The minimum atomic E-state index is 0. The van der Waals surface area contributed by atoms with Gasteiger partial charge >= 0.3 is 0 Å². The van der Waals surface area contributed by atoms with Crippen LogP contribution in [0.2, 0.25) is 0 Å². The molecule has 1 aliphatic heterocycles. The number of carbonyl (C=O) groups excluding carboxylic acids is 1. The summed E-state index contributed by atoms with van der Waals surface area (Å²) in [5.74, 6) is 1.75. The predicted octanol–water partition coefficient (Wildman–Crippen LogP) is 1.96. The van der Waals surface area contributed by atoms with Gasteiger partial charge in [0.05, 0.1) is 6.54 Å². The molecule has 1 aliphatic carbocycles. The molecule has 1 amide bonds. The maximum atomic E-state index is 12.1. The highest BCUT2D eigenvalue weighted by Gasteiger charge is 2.24. The molecular weight excluding hydrogens is 323 g/mol. The van der Waals surface area contributed by atoms with Crippen LogP contribution >= 0.6 is 24.8 Å². The number of aromatic nitrogens is 2. The summed E-state index contributed by atoms with van der Waals surface area (Å²) >= 11 is 0. The van der Waals surface area contributed by atoms with Crippen molar-refractivity contribution < 1.29 is 4.79 Å². The van der Waals surface area contributed by atoms with Crippen LogP contribution in [0.25, 0.3) is 0 Å². The fourth-order valence-corrected chi connectivity index (χ4v) is 2.85. The summed E-state index contributed by atoms with van der Waals surface area (Å²) in [5.41, 5.74) is 0. The van der Waals surface area contributed by atoms with Crippen molar-refractivity contribution in [2.24, 2.45) is 11.8 Å². The zero-order chi connectivity index (χ0) is 13.8. The van der Waals surface area contributed by atoms with Crippen molar-refractivity contribution in [3.05, 3.63) is 18.5 Å². The second-order valence-corrected chi connectivity index (χ2v) is 6.13. The monoisotopic (exact) mass is 348 g/mol. The van der Waals surface area contributed by atoms with Crippen LogP contribution in [0.5, 0.6) is 0 Å². The fourth-order valence-electron chi connectivity index (χ4n) is 2.85. The van der Waals surface area contributed by atoms with Crippen molar-refractivity contribution in [2.75, 3.05) is 26.2 Å². The van der Waals surface area contributed by atoms with Crippen LogP contribution in [0.4, 0.5) is 0 Å². The molecule has 5 nitrogen and oxygen atoms in total. The van der Waals surface area contributed by atoms with Gasteiger partial charge in [-0.3, -0.25) is 9.48 Å². The molecule has 1 saturated heterocycles. The van der Waals surface area contributed by atoms with E-state index in [2.05, 4.69) is 10.4 Å². The van der Waals surface area contributed by atoms with Crippen molar-refractivity contribution in [1.29, 1.82) is 0 Å². The van der Waals surface area contributed by atoms with Gasteiger partial charge < -0.3 is 10.2 Å². The van der Waals surface area contributed by atoms with Crippen molar-refractivity contribution in [3.8, 4) is 0 Å². The minimum absolute atomic E-state index is 0. The molecule has 7 heteroatoms. The molecule has 3 rings (SSSR count). The topological polar surface area (TPSA) is 50.2 Å². The van der Waals surface area contributed by atoms with Crippen LogP contribution < -0.4 is 5.32 Å². The lowest BCUT2D eigenvalue weighted by Crippen LogP contribution is -2.43. The van der Waals surface area contributed by atoms with Gasteiger partial charge in [-0.2, -0.15) is 5.10 Å². The third-order valence-electron chi connectivity index (χ3n) is 4.38. The molecule has 1 saturated carbocycles.